The van der Waals surface area contributed by atoms with Crippen molar-refractivity contribution in [3.05, 3.63) is 40.3 Å². The first kappa shape index (κ1) is 14.1. The number of nitrogens with zero attached hydrogens (tertiary/aromatic N) is 2. The molecule has 0 unspecified atom stereocenters. The minimum absolute atomic E-state index is 0.0475. The van der Waals surface area contributed by atoms with E-state index in [9.17, 15) is 9.59 Å². The van der Waals surface area contributed by atoms with E-state index >= 15 is 0 Å². The van der Waals surface area contributed by atoms with Crippen LogP contribution in [0.5, 0.6) is 0 Å². The molecule has 1 saturated heterocycles. The van der Waals surface area contributed by atoms with Gasteiger partial charge < -0.3 is 4.90 Å². The molecule has 0 aliphatic carbocycles. The number of hydrogen-bond donors (Lipinski definition) is 1. The van der Waals surface area contributed by atoms with E-state index in [0.29, 0.717) is 29.6 Å². The monoisotopic (exact) mass is 303 g/mol. The van der Waals surface area contributed by atoms with Gasteiger partial charge in [-0.2, -0.15) is 16.9 Å². The quantitative estimate of drug-likeness (QED) is 0.873. The number of amides is 1. The summed E-state index contributed by atoms with van der Waals surface area (Å²) >= 11 is 1.87. The first-order chi connectivity index (χ1) is 9.98. The van der Waals surface area contributed by atoms with E-state index in [1.54, 1.807) is 18.2 Å². The van der Waals surface area contributed by atoms with Crippen LogP contribution in [0.25, 0.3) is 10.8 Å². The lowest BCUT2D eigenvalue weighted by molar-refractivity contribution is 0.0743. The number of rotatable bonds is 1. The number of benzene rings is 1. The molecule has 0 spiro atoms. The van der Waals surface area contributed by atoms with Gasteiger partial charge in [0.05, 0.1) is 5.39 Å². The molecule has 0 bridgehead atoms. The molecule has 2 aromatic rings. The Hall–Kier alpha value is -1.82. The fourth-order valence-electron chi connectivity index (χ4n) is 2.62. The Labute approximate surface area is 126 Å². The summed E-state index contributed by atoms with van der Waals surface area (Å²) in [7, 11) is 0. The minimum atomic E-state index is -0.267. The minimum Gasteiger partial charge on any atom is -0.335 e. The summed E-state index contributed by atoms with van der Waals surface area (Å²) in [5.41, 5.74) is 0.0598. The first-order valence-electron chi connectivity index (χ1n) is 6.89. The third-order valence-electron chi connectivity index (χ3n) is 3.61. The van der Waals surface area contributed by atoms with Gasteiger partial charge in [-0.15, -0.1) is 0 Å². The maximum absolute atomic E-state index is 12.7. The van der Waals surface area contributed by atoms with Crippen LogP contribution in [-0.4, -0.2) is 44.6 Å². The molecular weight excluding hydrogens is 286 g/mol. The zero-order valence-corrected chi connectivity index (χ0v) is 12.9. The number of aromatic nitrogens is 2. The Morgan fingerprint density at radius 1 is 1.33 bits per heavy atom. The highest BCUT2D eigenvalue weighted by atomic mass is 32.2. The van der Waals surface area contributed by atoms with E-state index < -0.39 is 0 Å². The smallest absolute Gasteiger partial charge is 0.275 e. The second-order valence-electron chi connectivity index (χ2n) is 5.78. The van der Waals surface area contributed by atoms with E-state index in [4.69, 9.17) is 0 Å². The molecule has 1 aliphatic rings. The summed E-state index contributed by atoms with van der Waals surface area (Å²) in [6.45, 7) is 5.67. The van der Waals surface area contributed by atoms with Gasteiger partial charge in [-0.1, -0.05) is 18.2 Å². The second kappa shape index (κ2) is 5.18. The van der Waals surface area contributed by atoms with Crippen LogP contribution in [0.1, 0.15) is 24.3 Å². The molecule has 1 aliphatic heterocycles. The summed E-state index contributed by atoms with van der Waals surface area (Å²) in [5.74, 6) is 0.802. The molecular formula is C15H17N3O2S. The Bertz CT molecular complexity index is 754. The van der Waals surface area contributed by atoms with Crippen LogP contribution in [0.15, 0.2) is 29.1 Å². The zero-order chi connectivity index (χ0) is 15.0. The Balaban J connectivity index is 2.03. The van der Waals surface area contributed by atoms with Gasteiger partial charge in [0.25, 0.3) is 11.5 Å². The third-order valence-corrected chi connectivity index (χ3v) is 4.91. The van der Waals surface area contributed by atoms with Crippen LogP contribution in [0.3, 0.4) is 0 Å². The topological polar surface area (TPSA) is 66.1 Å². The SMILES string of the molecule is CC1(C)CN(C(=O)c2n[nH]c(=O)c3ccccc23)CCS1. The molecule has 0 radical (unpaired) electrons. The zero-order valence-electron chi connectivity index (χ0n) is 12.0. The van der Waals surface area contributed by atoms with E-state index in [1.165, 1.54) is 0 Å². The normalized spacial score (nSPS) is 17.9. The fourth-order valence-corrected chi connectivity index (χ4v) is 3.73. The van der Waals surface area contributed by atoms with Gasteiger partial charge in [-0.05, 0) is 19.9 Å². The van der Waals surface area contributed by atoms with Crippen molar-refractivity contribution in [1.29, 1.82) is 0 Å². The van der Waals surface area contributed by atoms with Crippen LogP contribution in [0.4, 0.5) is 0 Å². The third kappa shape index (κ3) is 2.68. The maximum Gasteiger partial charge on any atom is 0.275 e. The molecule has 3 rings (SSSR count). The molecule has 21 heavy (non-hydrogen) atoms. The predicted molar refractivity (Wildman–Crippen MR) is 84.8 cm³/mol. The molecule has 6 heteroatoms. The largest absolute Gasteiger partial charge is 0.335 e. The Kier molecular flexibility index (Phi) is 3.49. The maximum atomic E-state index is 12.7. The van der Waals surface area contributed by atoms with Crippen LogP contribution in [0, 0.1) is 0 Å². The van der Waals surface area contributed by atoms with Crippen molar-refractivity contribution in [3.8, 4) is 0 Å². The van der Waals surface area contributed by atoms with Crippen molar-refractivity contribution in [1.82, 2.24) is 15.1 Å². The number of carbonyl (C=O) groups is 1. The molecule has 1 N–H and O–H groups in total. The number of fused-ring (bicyclic) bond motifs is 1. The van der Waals surface area contributed by atoms with E-state index in [1.807, 2.05) is 22.7 Å². The van der Waals surface area contributed by atoms with Gasteiger partial charge in [0.15, 0.2) is 5.69 Å². The molecule has 0 saturated carbocycles. The number of hydrogen-bond acceptors (Lipinski definition) is 4. The summed E-state index contributed by atoms with van der Waals surface area (Å²) in [6, 6.07) is 7.08. The molecule has 1 aromatic carbocycles. The Morgan fingerprint density at radius 3 is 2.76 bits per heavy atom. The number of thioether (sulfide) groups is 1. The lowest BCUT2D eigenvalue weighted by Gasteiger charge is -2.37. The fraction of sp³-hybridized carbons (Fsp3) is 0.400. The summed E-state index contributed by atoms with van der Waals surface area (Å²) in [4.78, 5) is 26.4. The molecule has 1 fully saturated rings. The summed E-state index contributed by atoms with van der Waals surface area (Å²) < 4.78 is 0.0475. The molecule has 0 atom stereocenters. The van der Waals surface area contributed by atoms with E-state index in [2.05, 4.69) is 24.0 Å². The number of carbonyl (C=O) groups excluding carboxylic acids is 1. The number of aromatic amines is 1. The molecule has 110 valence electrons. The van der Waals surface area contributed by atoms with Crippen LogP contribution in [0.2, 0.25) is 0 Å². The average Bonchev–Trinajstić information content (AvgIpc) is 2.46. The molecule has 5 nitrogen and oxygen atoms in total. The average molecular weight is 303 g/mol. The second-order valence-corrected chi connectivity index (χ2v) is 7.58. The lowest BCUT2D eigenvalue weighted by Crippen LogP contribution is -2.46. The van der Waals surface area contributed by atoms with Gasteiger partial charge in [0.1, 0.15) is 0 Å². The van der Waals surface area contributed by atoms with Crippen LogP contribution >= 0.6 is 11.8 Å². The number of nitrogens with one attached hydrogen (secondary N) is 1. The van der Waals surface area contributed by atoms with Crippen molar-refractivity contribution in [2.45, 2.75) is 18.6 Å². The van der Waals surface area contributed by atoms with Crippen molar-refractivity contribution in [2.75, 3.05) is 18.8 Å². The molecule has 1 aromatic heterocycles. The van der Waals surface area contributed by atoms with Crippen molar-refractivity contribution in [3.63, 3.8) is 0 Å². The van der Waals surface area contributed by atoms with E-state index in [0.717, 1.165) is 5.75 Å². The predicted octanol–water partition coefficient (Wildman–Crippen LogP) is 1.89. The first-order valence-corrected chi connectivity index (χ1v) is 7.87. The van der Waals surface area contributed by atoms with E-state index in [-0.39, 0.29) is 16.2 Å². The van der Waals surface area contributed by atoms with Gasteiger partial charge in [0.2, 0.25) is 0 Å². The Morgan fingerprint density at radius 2 is 2.05 bits per heavy atom. The van der Waals surface area contributed by atoms with Crippen LogP contribution in [-0.2, 0) is 0 Å². The summed E-state index contributed by atoms with van der Waals surface area (Å²) in [6.07, 6.45) is 0. The van der Waals surface area contributed by atoms with Crippen LogP contribution < -0.4 is 5.56 Å². The highest BCUT2D eigenvalue weighted by molar-refractivity contribution is 8.00. The van der Waals surface area contributed by atoms with Crippen molar-refractivity contribution in [2.24, 2.45) is 0 Å². The van der Waals surface area contributed by atoms with Gasteiger partial charge >= 0.3 is 0 Å². The number of H-pyrrole nitrogens is 1. The molecule has 1 amide bonds. The lowest BCUT2D eigenvalue weighted by atomic mass is 10.1. The highest BCUT2D eigenvalue weighted by Gasteiger charge is 2.31. The molecule has 2 heterocycles. The highest BCUT2D eigenvalue weighted by Crippen LogP contribution is 2.30. The van der Waals surface area contributed by atoms with Crippen molar-refractivity contribution < 1.29 is 4.79 Å². The van der Waals surface area contributed by atoms with Gasteiger partial charge in [-0.25, -0.2) is 5.10 Å². The standard InChI is InChI=1S/C15H17N3O2S/c1-15(2)9-18(7-8-21-15)14(20)12-10-5-3-4-6-11(10)13(19)17-16-12/h3-6H,7-9H2,1-2H3,(H,17,19). The van der Waals surface area contributed by atoms with Gasteiger partial charge in [-0.3, -0.25) is 9.59 Å². The van der Waals surface area contributed by atoms with Gasteiger partial charge in [0, 0.05) is 29.0 Å². The van der Waals surface area contributed by atoms with Crippen molar-refractivity contribution >= 4 is 28.4 Å². The summed E-state index contributed by atoms with van der Waals surface area (Å²) in [5, 5.41) is 7.53.